The van der Waals surface area contributed by atoms with Crippen LogP contribution in [0.15, 0.2) is 0 Å². The van der Waals surface area contributed by atoms with Gasteiger partial charge >= 0.3 is 52.9 Å². The summed E-state index contributed by atoms with van der Waals surface area (Å²) in [5.74, 6) is -3.70. The van der Waals surface area contributed by atoms with Gasteiger partial charge in [0, 0.05) is 12.2 Å². The molecule has 0 spiro atoms. The van der Waals surface area contributed by atoms with Crippen LogP contribution < -0.4 is 16.4 Å². The van der Waals surface area contributed by atoms with Crippen LogP contribution in [0.1, 0.15) is 12.8 Å². The van der Waals surface area contributed by atoms with Crippen molar-refractivity contribution in [3.63, 3.8) is 0 Å². The average Bonchev–Trinajstić information content (AvgIpc) is 2.45. The van der Waals surface area contributed by atoms with Gasteiger partial charge in [0.05, 0.1) is 0 Å². The molecule has 14 heteroatoms. The minimum absolute atomic E-state index is 0.0256. The first-order valence-electron chi connectivity index (χ1n) is 6.32. The number of hydrogen-bond donors (Lipinski definition) is 6. The maximum absolute atomic E-state index is 11.5. The fraction of sp³-hybridized carbons (Fsp3) is 0.600. The van der Waals surface area contributed by atoms with Crippen molar-refractivity contribution in [2.45, 2.75) is 24.9 Å². The molecule has 24 heavy (non-hydrogen) atoms. The standard InChI is InChI=1S/C10H17N3O6S.S3Se/c11-5(10(18)19)1-2-7(14)13-6(4-20)9(17)12-3-8(15)16;1-2-4-3-1/h5-6,20H,1-4,11H2,(H,12,17)(H,13,14)(H,15,16)(H,18,19);. The van der Waals surface area contributed by atoms with Gasteiger partial charge in [-0.2, -0.15) is 12.6 Å². The monoisotopic (exact) mass is 483 g/mol. The Hall–Kier alpha value is -0.241. The normalized spacial score (nSPS) is 14.9. The maximum atomic E-state index is 11.5. The number of hydrogen-bond acceptors (Lipinski definition) is 9. The van der Waals surface area contributed by atoms with E-state index in [1.165, 1.54) is 0 Å². The van der Waals surface area contributed by atoms with Crippen LogP contribution in [-0.2, 0) is 19.2 Å². The van der Waals surface area contributed by atoms with E-state index in [1.54, 1.807) is 0 Å². The van der Waals surface area contributed by atoms with E-state index >= 15 is 0 Å². The topological polar surface area (TPSA) is 159 Å². The molecule has 0 radical (unpaired) electrons. The Labute approximate surface area is 159 Å². The summed E-state index contributed by atoms with van der Waals surface area (Å²) in [6.45, 7) is -0.567. The number of amides is 2. The Kier molecular flexibility index (Phi) is 13.8. The molecule has 2 unspecified atom stereocenters. The van der Waals surface area contributed by atoms with Gasteiger partial charge in [0.2, 0.25) is 11.8 Å². The van der Waals surface area contributed by atoms with Crippen LogP contribution >= 0.6 is 40.9 Å². The van der Waals surface area contributed by atoms with Gasteiger partial charge in [0.25, 0.3) is 0 Å². The summed E-state index contributed by atoms with van der Waals surface area (Å²) in [6.07, 6.45) is -0.235. The van der Waals surface area contributed by atoms with Crippen LogP contribution in [0.3, 0.4) is 0 Å². The SMILES string of the molecule is NC(CCC(=O)NC(CS)C(=O)NCC(=O)O)C(=O)O.S1S[Se]S1. The van der Waals surface area contributed by atoms with E-state index in [0.717, 1.165) is 12.7 Å². The average molecular weight is 482 g/mol. The molecule has 6 N–H and O–H groups in total. The van der Waals surface area contributed by atoms with Gasteiger partial charge in [0.1, 0.15) is 18.6 Å². The van der Waals surface area contributed by atoms with Gasteiger partial charge in [-0.1, -0.05) is 0 Å². The summed E-state index contributed by atoms with van der Waals surface area (Å²) < 4.78 is 0. The molecule has 2 amide bonds. The number of carbonyl (C=O) groups excluding carboxylic acids is 2. The van der Waals surface area contributed by atoms with Crippen molar-refractivity contribution in [3.8, 4) is 0 Å². The van der Waals surface area contributed by atoms with Crippen molar-refractivity contribution in [3.05, 3.63) is 0 Å². The summed E-state index contributed by atoms with van der Waals surface area (Å²) in [5, 5.41) is 21.4. The number of aliphatic carboxylic acids is 2. The molecule has 1 saturated heterocycles. The molecule has 138 valence electrons. The first kappa shape index (κ1) is 23.8. The molecule has 2 atom stereocenters. The summed E-state index contributed by atoms with van der Waals surface area (Å²) in [7, 11) is 5.86. The molecule has 1 heterocycles. The zero-order valence-corrected chi connectivity index (χ0v) is 17.2. The molecule has 9 nitrogen and oxygen atoms in total. The Morgan fingerprint density at radius 1 is 1.21 bits per heavy atom. The van der Waals surface area contributed by atoms with Gasteiger partial charge in [-0.05, 0) is 6.42 Å². The zero-order chi connectivity index (χ0) is 18.5. The third kappa shape index (κ3) is 12.2. The predicted molar refractivity (Wildman–Crippen MR) is 99.8 cm³/mol. The van der Waals surface area contributed by atoms with E-state index in [0.29, 0.717) is 0 Å². The predicted octanol–water partition coefficient (Wildman–Crippen LogP) is -0.642. The van der Waals surface area contributed by atoms with Crippen LogP contribution in [0.4, 0.5) is 0 Å². The number of thiol groups is 1. The number of nitrogens with two attached hydrogens (primary N) is 1. The van der Waals surface area contributed by atoms with Crippen molar-refractivity contribution >= 4 is 77.3 Å². The molecule has 1 rings (SSSR count). The van der Waals surface area contributed by atoms with E-state index in [1.807, 2.05) is 28.2 Å². The molecule has 0 aliphatic carbocycles. The van der Waals surface area contributed by atoms with E-state index in [4.69, 9.17) is 15.9 Å². The first-order chi connectivity index (χ1) is 11.3. The van der Waals surface area contributed by atoms with Gasteiger partial charge < -0.3 is 26.6 Å². The number of carbonyl (C=O) groups is 4. The van der Waals surface area contributed by atoms with Crippen molar-refractivity contribution < 1.29 is 29.4 Å². The molecule has 0 aromatic rings. The number of carboxylic acids is 2. The third-order valence-corrected chi connectivity index (χ3v) is 18.2. The van der Waals surface area contributed by atoms with Crippen molar-refractivity contribution in [2.24, 2.45) is 5.73 Å². The molecule has 0 aromatic carbocycles. The Balaban J connectivity index is 0.00000114. The molecule has 1 aliphatic heterocycles. The van der Waals surface area contributed by atoms with Crippen molar-refractivity contribution in [1.82, 2.24) is 10.6 Å². The van der Waals surface area contributed by atoms with E-state index in [2.05, 4.69) is 23.3 Å². The molecule has 0 aromatic heterocycles. The number of rotatable bonds is 9. The van der Waals surface area contributed by atoms with Gasteiger partial charge in [0.15, 0.2) is 0 Å². The van der Waals surface area contributed by atoms with Crippen molar-refractivity contribution in [2.75, 3.05) is 12.3 Å². The molecular formula is C10H17N3O6S4Se. The van der Waals surface area contributed by atoms with Crippen LogP contribution in [0, 0.1) is 0 Å². The molecule has 1 aliphatic rings. The summed E-state index contributed by atoms with van der Waals surface area (Å²) in [5.41, 5.74) is 5.23. The number of carboxylic acid groups (broad SMARTS) is 2. The second-order valence-corrected chi connectivity index (χ2v) is 15.6. The molecule has 0 saturated carbocycles. The quantitative estimate of drug-likeness (QED) is 0.142. The Morgan fingerprint density at radius 3 is 2.12 bits per heavy atom. The molecule has 0 bridgehead atoms. The van der Waals surface area contributed by atoms with E-state index in [9.17, 15) is 19.2 Å². The molecule has 1 fully saturated rings. The van der Waals surface area contributed by atoms with Crippen LogP contribution in [-0.4, -0.2) is 71.1 Å². The Morgan fingerprint density at radius 2 is 1.75 bits per heavy atom. The minimum atomic E-state index is -1.22. The van der Waals surface area contributed by atoms with Crippen LogP contribution in [0.2, 0.25) is 0 Å². The summed E-state index contributed by atoms with van der Waals surface area (Å²) in [4.78, 5) is 43.7. The fourth-order valence-electron chi connectivity index (χ4n) is 1.18. The molecular weight excluding hydrogens is 465 g/mol. The second-order valence-electron chi connectivity index (χ2n) is 4.17. The number of nitrogens with one attached hydrogen (secondary N) is 2. The second kappa shape index (κ2) is 14.0. The fourth-order valence-corrected chi connectivity index (χ4v) is 5.31. The van der Waals surface area contributed by atoms with Crippen LogP contribution in [0.25, 0.3) is 0 Å². The summed E-state index contributed by atoms with van der Waals surface area (Å²) >= 11 is 4.77. The van der Waals surface area contributed by atoms with Gasteiger partial charge in [-0.25, -0.2) is 0 Å². The Bertz CT molecular complexity index is 450. The third-order valence-electron chi connectivity index (χ3n) is 2.36. The van der Waals surface area contributed by atoms with Crippen molar-refractivity contribution in [1.29, 1.82) is 0 Å². The zero-order valence-electron chi connectivity index (χ0n) is 12.2. The van der Waals surface area contributed by atoms with E-state index < -0.39 is 42.4 Å². The van der Waals surface area contributed by atoms with Gasteiger partial charge in [-0.15, -0.1) is 0 Å². The summed E-state index contributed by atoms with van der Waals surface area (Å²) in [6, 6.07) is -2.15. The van der Waals surface area contributed by atoms with Crippen LogP contribution in [0.5, 0.6) is 0 Å². The first-order valence-corrected chi connectivity index (χ1v) is 14.5. The van der Waals surface area contributed by atoms with Gasteiger partial charge in [-0.3, -0.25) is 19.2 Å². The van der Waals surface area contributed by atoms with E-state index in [-0.39, 0.29) is 18.6 Å².